The molecule has 1 aliphatic rings. The van der Waals surface area contributed by atoms with Crippen molar-refractivity contribution < 1.29 is 9.90 Å². The van der Waals surface area contributed by atoms with Crippen LogP contribution in [0.25, 0.3) is 0 Å². The van der Waals surface area contributed by atoms with Gasteiger partial charge < -0.3 is 10.8 Å². The number of rotatable bonds is 4. The van der Waals surface area contributed by atoms with Crippen LogP contribution in [0, 0.1) is 0 Å². The van der Waals surface area contributed by atoms with Crippen LogP contribution in [0.5, 0.6) is 5.75 Å². The summed E-state index contributed by atoms with van der Waals surface area (Å²) < 4.78 is 0. The summed E-state index contributed by atoms with van der Waals surface area (Å²) in [6, 6.07) is 5.60. The fourth-order valence-electron chi connectivity index (χ4n) is 2.94. The Bertz CT molecular complexity index is 423. The summed E-state index contributed by atoms with van der Waals surface area (Å²) in [4.78, 5) is 10.9. The van der Waals surface area contributed by atoms with Gasteiger partial charge in [-0.1, -0.05) is 31.4 Å². The maximum Gasteiger partial charge on any atom is 0.217 e. The monoisotopic (exact) mass is 247 g/mol. The Kier molecular flexibility index (Phi) is 4.24. The molecule has 98 valence electrons. The molecule has 0 spiro atoms. The van der Waals surface area contributed by atoms with Gasteiger partial charge in [0, 0.05) is 12.0 Å². The molecule has 1 aromatic rings. The third kappa shape index (κ3) is 3.03. The van der Waals surface area contributed by atoms with Crippen LogP contribution in [0.1, 0.15) is 55.6 Å². The highest BCUT2D eigenvalue weighted by Crippen LogP contribution is 2.39. The van der Waals surface area contributed by atoms with Crippen LogP contribution in [-0.2, 0) is 11.2 Å². The molecule has 0 aliphatic heterocycles. The van der Waals surface area contributed by atoms with Crippen molar-refractivity contribution in [2.45, 2.75) is 50.9 Å². The first-order valence-corrected chi connectivity index (χ1v) is 6.77. The van der Waals surface area contributed by atoms with E-state index in [0.717, 1.165) is 24.0 Å². The molecule has 1 fully saturated rings. The zero-order valence-corrected chi connectivity index (χ0v) is 10.7. The standard InChI is InChI=1S/C15H21NO2/c16-14(18)10-9-12-7-4-8-13(17)15(12)11-5-2-1-3-6-11/h4,7-8,11,17H,1-3,5-6,9-10H2,(H2,16,18). The molecule has 1 aliphatic carbocycles. The summed E-state index contributed by atoms with van der Waals surface area (Å²) >= 11 is 0. The van der Waals surface area contributed by atoms with Crippen LogP contribution < -0.4 is 5.73 Å². The molecular formula is C15H21NO2. The van der Waals surface area contributed by atoms with Gasteiger partial charge in [0.2, 0.25) is 5.91 Å². The molecular weight excluding hydrogens is 226 g/mol. The Labute approximate surface area is 108 Å². The van der Waals surface area contributed by atoms with Gasteiger partial charge in [-0.15, -0.1) is 0 Å². The van der Waals surface area contributed by atoms with Crippen LogP contribution in [0.2, 0.25) is 0 Å². The predicted molar refractivity (Wildman–Crippen MR) is 71.4 cm³/mol. The molecule has 0 radical (unpaired) electrons. The average Bonchev–Trinajstić information content (AvgIpc) is 2.37. The van der Waals surface area contributed by atoms with E-state index in [0.29, 0.717) is 24.5 Å². The highest BCUT2D eigenvalue weighted by atomic mass is 16.3. The lowest BCUT2D eigenvalue weighted by Crippen LogP contribution is -2.13. The van der Waals surface area contributed by atoms with Crippen LogP contribution in [0.4, 0.5) is 0 Å². The summed E-state index contributed by atoms with van der Waals surface area (Å²) in [7, 11) is 0. The number of phenolic OH excluding ortho intramolecular Hbond substituents is 1. The van der Waals surface area contributed by atoms with Gasteiger partial charge in [-0.05, 0) is 36.8 Å². The van der Waals surface area contributed by atoms with E-state index in [1.54, 1.807) is 6.07 Å². The van der Waals surface area contributed by atoms with Crippen molar-refractivity contribution in [1.29, 1.82) is 0 Å². The van der Waals surface area contributed by atoms with Gasteiger partial charge in [0.25, 0.3) is 0 Å². The number of nitrogens with two attached hydrogens (primary N) is 1. The van der Waals surface area contributed by atoms with E-state index < -0.39 is 0 Å². The number of hydrogen-bond donors (Lipinski definition) is 2. The molecule has 0 saturated heterocycles. The lowest BCUT2D eigenvalue weighted by atomic mass is 9.81. The van der Waals surface area contributed by atoms with Crippen molar-refractivity contribution in [2.75, 3.05) is 0 Å². The van der Waals surface area contributed by atoms with E-state index in [9.17, 15) is 9.90 Å². The van der Waals surface area contributed by atoms with E-state index in [2.05, 4.69) is 0 Å². The van der Waals surface area contributed by atoms with Gasteiger partial charge >= 0.3 is 0 Å². The summed E-state index contributed by atoms with van der Waals surface area (Å²) in [5.74, 6) is 0.541. The first-order chi connectivity index (χ1) is 8.68. The van der Waals surface area contributed by atoms with Gasteiger partial charge in [-0.2, -0.15) is 0 Å². The number of carbonyl (C=O) groups excluding carboxylic acids is 1. The molecule has 2 rings (SSSR count). The van der Waals surface area contributed by atoms with Gasteiger partial charge in [-0.25, -0.2) is 0 Å². The van der Waals surface area contributed by atoms with Crippen molar-refractivity contribution in [2.24, 2.45) is 5.73 Å². The third-order valence-electron chi connectivity index (χ3n) is 3.83. The van der Waals surface area contributed by atoms with Gasteiger partial charge in [-0.3, -0.25) is 4.79 Å². The number of phenols is 1. The van der Waals surface area contributed by atoms with Crippen molar-refractivity contribution in [3.63, 3.8) is 0 Å². The summed E-state index contributed by atoms with van der Waals surface area (Å²) in [5.41, 5.74) is 7.34. The Hall–Kier alpha value is -1.51. The molecule has 3 nitrogen and oxygen atoms in total. The zero-order chi connectivity index (χ0) is 13.0. The second-order valence-electron chi connectivity index (χ2n) is 5.15. The van der Waals surface area contributed by atoms with Gasteiger partial charge in [0.05, 0.1) is 0 Å². The second-order valence-corrected chi connectivity index (χ2v) is 5.15. The van der Waals surface area contributed by atoms with E-state index >= 15 is 0 Å². The molecule has 0 unspecified atom stereocenters. The minimum Gasteiger partial charge on any atom is -0.508 e. The van der Waals surface area contributed by atoms with E-state index in [4.69, 9.17) is 5.73 Å². The quantitative estimate of drug-likeness (QED) is 0.859. The molecule has 3 N–H and O–H groups in total. The second kappa shape index (κ2) is 5.89. The Balaban J connectivity index is 2.22. The number of primary amides is 1. The molecule has 3 heteroatoms. The number of amides is 1. The lowest BCUT2D eigenvalue weighted by Gasteiger charge is -2.25. The van der Waals surface area contributed by atoms with Gasteiger partial charge in [0.1, 0.15) is 5.75 Å². The number of benzene rings is 1. The van der Waals surface area contributed by atoms with Crippen molar-refractivity contribution in [3.05, 3.63) is 29.3 Å². The lowest BCUT2D eigenvalue weighted by molar-refractivity contribution is -0.117. The zero-order valence-electron chi connectivity index (χ0n) is 10.7. The first kappa shape index (κ1) is 12.9. The Morgan fingerprint density at radius 2 is 2.00 bits per heavy atom. The highest BCUT2D eigenvalue weighted by molar-refractivity contribution is 5.74. The Morgan fingerprint density at radius 3 is 2.67 bits per heavy atom. The molecule has 1 saturated carbocycles. The molecule has 1 amide bonds. The molecule has 1 aromatic carbocycles. The van der Waals surface area contributed by atoms with E-state index in [1.807, 2.05) is 12.1 Å². The molecule has 18 heavy (non-hydrogen) atoms. The molecule has 0 bridgehead atoms. The SMILES string of the molecule is NC(=O)CCc1cccc(O)c1C1CCCCC1. The van der Waals surface area contributed by atoms with Crippen molar-refractivity contribution in [1.82, 2.24) is 0 Å². The van der Waals surface area contributed by atoms with E-state index in [1.165, 1.54) is 19.3 Å². The number of carbonyl (C=O) groups is 1. The van der Waals surface area contributed by atoms with E-state index in [-0.39, 0.29) is 5.91 Å². The summed E-state index contributed by atoms with van der Waals surface area (Å²) in [6.45, 7) is 0. The van der Waals surface area contributed by atoms with Crippen LogP contribution in [0.3, 0.4) is 0 Å². The number of hydrogen-bond acceptors (Lipinski definition) is 2. The van der Waals surface area contributed by atoms with Crippen molar-refractivity contribution >= 4 is 5.91 Å². The van der Waals surface area contributed by atoms with Crippen molar-refractivity contribution in [3.8, 4) is 5.75 Å². The minimum absolute atomic E-state index is 0.284. The average molecular weight is 247 g/mol. The fraction of sp³-hybridized carbons (Fsp3) is 0.533. The Morgan fingerprint density at radius 1 is 1.28 bits per heavy atom. The topological polar surface area (TPSA) is 63.3 Å². The number of aryl methyl sites for hydroxylation is 1. The molecule has 0 atom stereocenters. The molecule has 0 aromatic heterocycles. The summed E-state index contributed by atoms with van der Waals surface area (Å²) in [5, 5.41) is 10.1. The third-order valence-corrected chi connectivity index (χ3v) is 3.83. The van der Waals surface area contributed by atoms with Crippen LogP contribution in [0.15, 0.2) is 18.2 Å². The normalized spacial score (nSPS) is 16.7. The maximum absolute atomic E-state index is 10.9. The fourth-order valence-corrected chi connectivity index (χ4v) is 2.94. The maximum atomic E-state index is 10.9. The predicted octanol–water partition coefficient (Wildman–Crippen LogP) is 2.86. The number of aromatic hydroxyl groups is 1. The van der Waals surface area contributed by atoms with Crippen LogP contribution >= 0.6 is 0 Å². The minimum atomic E-state index is -0.284. The highest BCUT2D eigenvalue weighted by Gasteiger charge is 2.21. The smallest absolute Gasteiger partial charge is 0.217 e. The first-order valence-electron chi connectivity index (χ1n) is 6.77. The van der Waals surface area contributed by atoms with Crippen LogP contribution in [-0.4, -0.2) is 11.0 Å². The summed E-state index contributed by atoms with van der Waals surface area (Å²) in [6.07, 6.45) is 7.02. The van der Waals surface area contributed by atoms with Gasteiger partial charge in [0.15, 0.2) is 0 Å². The largest absolute Gasteiger partial charge is 0.508 e. The molecule has 0 heterocycles.